The largest absolute Gasteiger partial charge is 0.436 e. The summed E-state index contributed by atoms with van der Waals surface area (Å²) in [6.45, 7) is 2.57. The summed E-state index contributed by atoms with van der Waals surface area (Å²) in [6.07, 6.45) is 1.09. The first kappa shape index (κ1) is 11.3. The highest BCUT2D eigenvalue weighted by Gasteiger charge is 2.08. The molecule has 4 nitrogen and oxygen atoms in total. The van der Waals surface area contributed by atoms with E-state index in [1.807, 2.05) is 13.0 Å². The van der Waals surface area contributed by atoms with Gasteiger partial charge < -0.3 is 10.1 Å². The highest BCUT2D eigenvalue weighted by molar-refractivity contribution is 5.32. The van der Waals surface area contributed by atoms with Crippen LogP contribution < -0.4 is 10.1 Å². The number of rotatable bonds is 4. The van der Waals surface area contributed by atoms with E-state index < -0.39 is 5.82 Å². The SMILES string of the molecule is CCNc1ncc(F)c(Oc2ccccc2)n1. The van der Waals surface area contributed by atoms with Crippen LogP contribution in [0.5, 0.6) is 11.6 Å². The first-order valence-corrected chi connectivity index (χ1v) is 5.29. The fraction of sp³-hybridized carbons (Fsp3) is 0.167. The summed E-state index contributed by atoms with van der Waals surface area (Å²) >= 11 is 0. The lowest BCUT2D eigenvalue weighted by molar-refractivity contribution is 0.420. The monoisotopic (exact) mass is 233 g/mol. The summed E-state index contributed by atoms with van der Waals surface area (Å²) in [7, 11) is 0. The van der Waals surface area contributed by atoms with E-state index in [9.17, 15) is 4.39 Å². The third-order valence-electron chi connectivity index (χ3n) is 2.00. The van der Waals surface area contributed by atoms with E-state index in [1.165, 1.54) is 0 Å². The Balaban J connectivity index is 2.22. The maximum Gasteiger partial charge on any atom is 0.260 e. The number of anilines is 1. The third kappa shape index (κ3) is 2.90. The quantitative estimate of drug-likeness (QED) is 0.882. The van der Waals surface area contributed by atoms with Crippen molar-refractivity contribution in [2.75, 3.05) is 11.9 Å². The molecule has 0 aliphatic rings. The molecule has 0 spiro atoms. The zero-order valence-electron chi connectivity index (χ0n) is 9.35. The van der Waals surface area contributed by atoms with Crippen molar-refractivity contribution in [3.63, 3.8) is 0 Å². The van der Waals surface area contributed by atoms with Gasteiger partial charge in [0, 0.05) is 6.54 Å². The predicted octanol–water partition coefficient (Wildman–Crippen LogP) is 2.84. The zero-order valence-corrected chi connectivity index (χ0v) is 9.35. The molecule has 5 heteroatoms. The van der Waals surface area contributed by atoms with Crippen molar-refractivity contribution in [2.24, 2.45) is 0 Å². The fourth-order valence-corrected chi connectivity index (χ4v) is 1.27. The summed E-state index contributed by atoms with van der Waals surface area (Å²) in [4.78, 5) is 7.73. The second-order valence-electron chi connectivity index (χ2n) is 3.29. The van der Waals surface area contributed by atoms with E-state index in [1.54, 1.807) is 24.3 Å². The topological polar surface area (TPSA) is 47.0 Å². The van der Waals surface area contributed by atoms with Crippen LogP contribution in [0.2, 0.25) is 0 Å². The molecule has 0 saturated carbocycles. The average molecular weight is 233 g/mol. The molecule has 17 heavy (non-hydrogen) atoms. The summed E-state index contributed by atoms with van der Waals surface area (Å²) in [5, 5.41) is 2.89. The van der Waals surface area contributed by atoms with Gasteiger partial charge in [0.25, 0.3) is 5.88 Å². The molecule has 0 bridgehead atoms. The highest BCUT2D eigenvalue weighted by atomic mass is 19.1. The Labute approximate surface area is 98.5 Å². The Bertz CT molecular complexity index is 490. The van der Waals surface area contributed by atoms with Crippen molar-refractivity contribution in [1.82, 2.24) is 9.97 Å². The van der Waals surface area contributed by atoms with Gasteiger partial charge in [-0.05, 0) is 19.1 Å². The van der Waals surface area contributed by atoms with Crippen LogP contribution in [0.15, 0.2) is 36.5 Å². The van der Waals surface area contributed by atoms with Gasteiger partial charge in [0.15, 0.2) is 0 Å². The van der Waals surface area contributed by atoms with Gasteiger partial charge in [0.1, 0.15) is 5.75 Å². The molecular formula is C12H12FN3O. The second kappa shape index (κ2) is 5.25. The molecule has 1 aromatic heterocycles. The number of para-hydroxylation sites is 1. The maximum absolute atomic E-state index is 13.4. The lowest BCUT2D eigenvalue weighted by atomic mass is 10.3. The standard InChI is InChI=1S/C12H12FN3O/c1-2-14-12-15-8-10(13)11(16-12)17-9-6-4-3-5-7-9/h3-8H,2H2,1H3,(H,14,15,16). The number of benzene rings is 1. The predicted molar refractivity (Wildman–Crippen MR) is 62.7 cm³/mol. The number of halogens is 1. The minimum Gasteiger partial charge on any atom is -0.436 e. The lowest BCUT2D eigenvalue weighted by Crippen LogP contribution is -2.04. The molecule has 0 saturated heterocycles. The average Bonchev–Trinajstić information content (AvgIpc) is 2.35. The Hall–Kier alpha value is -2.17. The van der Waals surface area contributed by atoms with Gasteiger partial charge in [0.2, 0.25) is 11.8 Å². The summed E-state index contributed by atoms with van der Waals surface area (Å²) in [6, 6.07) is 8.93. The van der Waals surface area contributed by atoms with Crippen LogP contribution in [0.4, 0.5) is 10.3 Å². The van der Waals surface area contributed by atoms with Crippen molar-refractivity contribution in [2.45, 2.75) is 6.92 Å². The number of ether oxygens (including phenoxy) is 1. The fourth-order valence-electron chi connectivity index (χ4n) is 1.27. The first-order chi connectivity index (χ1) is 8.29. The Kier molecular flexibility index (Phi) is 3.49. The van der Waals surface area contributed by atoms with Crippen LogP contribution >= 0.6 is 0 Å². The van der Waals surface area contributed by atoms with E-state index in [0.717, 1.165) is 6.20 Å². The van der Waals surface area contributed by atoms with E-state index in [-0.39, 0.29) is 5.88 Å². The highest BCUT2D eigenvalue weighted by Crippen LogP contribution is 2.22. The van der Waals surface area contributed by atoms with Gasteiger partial charge in [-0.3, -0.25) is 0 Å². The van der Waals surface area contributed by atoms with Gasteiger partial charge in [-0.2, -0.15) is 9.37 Å². The molecule has 2 rings (SSSR count). The maximum atomic E-state index is 13.4. The molecule has 1 heterocycles. The minimum atomic E-state index is -0.587. The van der Waals surface area contributed by atoms with Crippen LogP contribution in [0.25, 0.3) is 0 Å². The number of nitrogens with one attached hydrogen (secondary N) is 1. The van der Waals surface area contributed by atoms with E-state index >= 15 is 0 Å². The summed E-state index contributed by atoms with van der Waals surface area (Å²) in [5.41, 5.74) is 0. The van der Waals surface area contributed by atoms with Gasteiger partial charge in [-0.25, -0.2) is 4.98 Å². The van der Waals surface area contributed by atoms with E-state index in [4.69, 9.17) is 4.74 Å². The normalized spacial score (nSPS) is 10.0. The van der Waals surface area contributed by atoms with Crippen molar-refractivity contribution in [3.05, 3.63) is 42.3 Å². The molecule has 0 aliphatic heterocycles. The number of nitrogens with zero attached hydrogens (tertiary/aromatic N) is 2. The van der Waals surface area contributed by atoms with Gasteiger partial charge >= 0.3 is 0 Å². The van der Waals surface area contributed by atoms with E-state index in [2.05, 4.69) is 15.3 Å². The molecule has 88 valence electrons. The third-order valence-corrected chi connectivity index (χ3v) is 2.00. The van der Waals surface area contributed by atoms with Crippen molar-refractivity contribution < 1.29 is 9.13 Å². The van der Waals surface area contributed by atoms with Crippen LogP contribution in [-0.4, -0.2) is 16.5 Å². The van der Waals surface area contributed by atoms with Crippen molar-refractivity contribution in [1.29, 1.82) is 0 Å². The van der Waals surface area contributed by atoms with Crippen molar-refractivity contribution in [3.8, 4) is 11.6 Å². The van der Waals surface area contributed by atoms with Gasteiger partial charge in [-0.1, -0.05) is 18.2 Å². The molecular weight excluding hydrogens is 221 g/mol. The molecule has 1 N–H and O–H groups in total. The zero-order chi connectivity index (χ0) is 12.1. The molecule has 0 atom stereocenters. The molecule has 1 aromatic carbocycles. The minimum absolute atomic E-state index is 0.0813. The first-order valence-electron chi connectivity index (χ1n) is 5.29. The second-order valence-corrected chi connectivity index (χ2v) is 3.29. The van der Waals surface area contributed by atoms with Crippen molar-refractivity contribution >= 4 is 5.95 Å². The van der Waals surface area contributed by atoms with Crippen LogP contribution in [-0.2, 0) is 0 Å². The molecule has 0 radical (unpaired) electrons. The molecule has 0 unspecified atom stereocenters. The molecule has 0 aliphatic carbocycles. The Morgan fingerprint density at radius 2 is 2.06 bits per heavy atom. The number of aromatic nitrogens is 2. The van der Waals surface area contributed by atoms with Gasteiger partial charge in [0.05, 0.1) is 6.20 Å². The summed E-state index contributed by atoms with van der Waals surface area (Å²) < 4.78 is 18.7. The van der Waals surface area contributed by atoms with Crippen LogP contribution in [0, 0.1) is 5.82 Å². The van der Waals surface area contributed by atoms with Gasteiger partial charge in [-0.15, -0.1) is 0 Å². The smallest absolute Gasteiger partial charge is 0.260 e. The Morgan fingerprint density at radius 3 is 2.76 bits per heavy atom. The Morgan fingerprint density at radius 1 is 1.29 bits per heavy atom. The summed E-state index contributed by atoms with van der Waals surface area (Å²) in [5.74, 6) is 0.213. The number of hydrogen-bond donors (Lipinski definition) is 1. The molecule has 0 amide bonds. The van der Waals surface area contributed by atoms with Crippen LogP contribution in [0.3, 0.4) is 0 Å². The van der Waals surface area contributed by atoms with E-state index in [0.29, 0.717) is 18.2 Å². The number of hydrogen-bond acceptors (Lipinski definition) is 4. The molecule has 0 fully saturated rings. The lowest BCUT2D eigenvalue weighted by Gasteiger charge is -2.07. The molecule has 2 aromatic rings. The van der Waals surface area contributed by atoms with Crippen LogP contribution in [0.1, 0.15) is 6.92 Å².